The van der Waals surface area contributed by atoms with Gasteiger partial charge < -0.3 is 14.7 Å². The van der Waals surface area contributed by atoms with E-state index in [2.05, 4.69) is 0 Å². The number of ether oxygens (including phenoxy) is 1. The average molecular weight is 265 g/mol. The molecule has 0 atom stereocenters. The molecule has 0 saturated heterocycles. The smallest absolute Gasteiger partial charge is 0.305 e. The molecule has 5 heteroatoms. The molecule has 0 spiro atoms. The number of benzene rings is 1. The molecule has 0 heterocycles. The molecule has 0 aliphatic carbocycles. The van der Waals surface area contributed by atoms with Crippen LogP contribution in [0.1, 0.15) is 12.0 Å². The Morgan fingerprint density at radius 3 is 2.58 bits per heavy atom. The average Bonchev–Trinajstić information content (AvgIpc) is 2.41. The van der Waals surface area contributed by atoms with Gasteiger partial charge in [-0.25, -0.2) is 0 Å². The van der Waals surface area contributed by atoms with E-state index in [1.54, 1.807) is 7.05 Å². The van der Waals surface area contributed by atoms with Gasteiger partial charge in [0, 0.05) is 13.6 Å². The minimum Gasteiger partial charge on any atom is -0.481 e. The van der Waals surface area contributed by atoms with Crippen molar-refractivity contribution < 1.29 is 19.4 Å². The number of carboxylic acids is 1. The van der Waals surface area contributed by atoms with E-state index in [1.165, 1.54) is 4.90 Å². The monoisotopic (exact) mass is 265 g/mol. The summed E-state index contributed by atoms with van der Waals surface area (Å²) in [7, 11) is 1.58. The van der Waals surface area contributed by atoms with E-state index in [-0.39, 0.29) is 25.5 Å². The third-order valence-corrected chi connectivity index (χ3v) is 2.69. The topological polar surface area (TPSA) is 66.8 Å². The van der Waals surface area contributed by atoms with Gasteiger partial charge in [0.05, 0.1) is 13.0 Å². The summed E-state index contributed by atoms with van der Waals surface area (Å²) in [6, 6.07) is 9.87. The molecule has 0 unspecified atom stereocenters. The van der Waals surface area contributed by atoms with Crippen LogP contribution in [-0.4, -0.2) is 48.7 Å². The van der Waals surface area contributed by atoms with Crippen LogP contribution < -0.4 is 0 Å². The molecular weight excluding hydrogens is 246 g/mol. The van der Waals surface area contributed by atoms with Crippen LogP contribution in [0.2, 0.25) is 0 Å². The fraction of sp³-hybridized carbons (Fsp3) is 0.429. The summed E-state index contributed by atoms with van der Waals surface area (Å²) in [6.45, 7) is 0.668. The van der Waals surface area contributed by atoms with Gasteiger partial charge in [-0.15, -0.1) is 0 Å². The van der Waals surface area contributed by atoms with Crippen LogP contribution in [0.5, 0.6) is 0 Å². The Bertz CT molecular complexity index is 405. The largest absolute Gasteiger partial charge is 0.481 e. The van der Waals surface area contributed by atoms with Gasteiger partial charge in [-0.3, -0.25) is 9.59 Å². The van der Waals surface area contributed by atoms with Crippen molar-refractivity contribution in [3.8, 4) is 0 Å². The molecule has 0 radical (unpaired) electrons. The second kappa shape index (κ2) is 8.26. The van der Waals surface area contributed by atoms with Crippen molar-refractivity contribution in [2.45, 2.75) is 12.8 Å². The van der Waals surface area contributed by atoms with E-state index in [9.17, 15) is 9.59 Å². The molecule has 104 valence electrons. The summed E-state index contributed by atoms with van der Waals surface area (Å²) >= 11 is 0. The summed E-state index contributed by atoms with van der Waals surface area (Å²) in [5, 5.41) is 8.52. The molecule has 0 aliphatic rings. The van der Waals surface area contributed by atoms with E-state index in [1.807, 2.05) is 30.3 Å². The van der Waals surface area contributed by atoms with Crippen LogP contribution in [0.4, 0.5) is 0 Å². The predicted molar refractivity (Wildman–Crippen MR) is 70.9 cm³/mol. The predicted octanol–water partition coefficient (Wildman–Crippen LogP) is 1.18. The normalized spacial score (nSPS) is 10.2. The SMILES string of the molecule is CN(CCC(=O)O)C(=O)COCCc1ccccc1. The fourth-order valence-corrected chi connectivity index (χ4v) is 1.49. The quantitative estimate of drug-likeness (QED) is 0.717. The number of carboxylic acid groups (broad SMARTS) is 1. The molecule has 0 saturated carbocycles. The van der Waals surface area contributed by atoms with E-state index in [4.69, 9.17) is 9.84 Å². The molecule has 0 aliphatic heterocycles. The number of carbonyl (C=O) groups excluding carboxylic acids is 1. The van der Waals surface area contributed by atoms with Crippen LogP contribution in [0.15, 0.2) is 30.3 Å². The number of amides is 1. The van der Waals surface area contributed by atoms with Gasteiger partial charge in [0.15, 0.2) is 0 Å². The first-order chi connectivity index (χ1) is 9.09. The maximum Gasteiger partial charge on any atom is 0.305 e. The number of rotatable bonds is 8. The molecule has 1 aromatic carbocycles. The molecular formula is C14H19NO4. The third kappa shape index (κ3) is 6.57. The molecule has 0 fully saturated rings. The van der Waals surface area contributed by atoms with Crippen molar-refractivity contribution >= 4 is 11.9 Å². The molecule has 1 amide bonds. The van der Waals surface area contributed by atoms with E-state index in [0.717, 1.165) is 12.0 Å². The van der Waals surface area contributed by atoms with Crippen LogP contribution in [0.25, 0.3) is 0 Å². The molecule has 1 N–H and O–H groups in total. The Labute approximate surface area is 112 Å². The van der Waals surface area contributed by atoms with Gasteiger partial charge >= 0.3 is 5.97 Å². The Kier molecular flexibility index (Phi) is 6.60. The van der Waals surface area contributed by atoms with Crippen molar-refractivity contribution in [3.63, 3.8) is 0 Å². The standard InChI is InChI=1S/C14H19NO4/c1-15(9-7-14(17)18)13(16)11-19-10-8-12-5-3-2-4-6-12/h2-6H,7-11H2,1H3,(H,17,18). The lowest BCUT2D eigenvalue weighted by atomic mass is 10.2. The Balaban J connectivity index is 2.15. The van der Waals surface area contributed by atoms with Crippen molar-refractivity contribution in [2.24, 2.45) is 0 Å². The second-order valence-corrected chi connectivity index (χ2v) is 4.25. The summed E-state index contributed by atoms with van der Waals surface area (Å²) in [5.74, 6) is -1.11. The highest BCUT2D eigenvalue weighted by Gasteiger charge is 2.10. The minimum absolute atomic E-state index is 0.0110. The number of nitrogens with zero attached hydrogens (tertiary/aromatic N) is 1. The Morgan fingerprint density at radius 2 is 1.95 bits per heavy atom. The zero-order valence-electron chi connectivity index (χ0n) is 11.0. The number of likely N-dealkylation sites (N-methyl/N-ethyl adjacent to an activating group) is 1. The van der Waals surface area contributed by atoms with Crippen LogP contribution >= 0.6 is 0 Å². The van der Waals surface area contributed by atoms with E-state index in [0.29, 0.717) is 6.61 Å². The Hall–Kier alpha value is -1.88. The molecule has 0 bridgehead atoms. The van der Waals surface area contributed by atoms with Crippen molar-refractivity contribution in [1.82, 2.24) is 4.90 Å². The summed E-state index contributed by atoms with van der Waals surface area (Å²) in [6.07, 6.45) is 0.708. The number of carbonyl (C=O) groups is 2. The minimum atomic E-state index is -0.912. The zero-order valence-corrected chi connectivity index (χ0v) is 11.0. The first kappa shape index (κ1) is 15.2. The first-order valence-corrected chi connectivity index (χ1v) is 6.17. The number of hydrogen-bond donors (Lipinski definition) is 1. The third-order valence-electron chi connectivity index (χ3n) is 2.69. The lowest BCUT2D eigenvalue weighted by Gasteiger charge is -2.15. The van der Waals surface area contributed by atoms with Gasteiger partial charge in [-0.05, 0) is 12.0 Å². The summed E-state index contributed by atoms with van der Waals surface area (Å²) < 4.78 is 5.29. The first-order valence-electron chi connectivity index (χ1n) is 6.17. The maximum absolute atomic E-state index is 11.6. The van der Waals surface area contributed by atoms with Gasteiger partial charge in [-0.1, -0.05) is 30.3 Å². The lowest BCUT2D eigenvalue weighted by molar-refractivity contribution is -0.139. The second-order valence-electron chi connectivity index (χ2n) is 4.25. The maximum atomic E-state index is 11.6. The Morgan fingerprint density at radius 1 is 1.26 bits per heavy atom. The van der Waals surface area contributed by atoms with Crippen LogP contribution in [-0.2, 0) is 20.7 Å². The number of aliphatic carboxylic acids is 1. The zero-order chi connectivity index (χ0) is 14.1. The van der Waals surface area contributed by atoms with E-state index >= 15 is 0 Å². The molecule has 1 rings (SSSR count). The number of hydrogen-bond acceptors (Lipinski definition) is 3. The highest BCUT2D eigenvalue weighted by molar-refractivity contribution is 5.77. The molecule has 1 aromatic rings. The van der Waals surface area contributed by atoms with Crippen molar-refractivity contribution in [1.29, 1.82) is 0 Å². The van der Waals surface area contributed by atoms with Gasteiger partial charge in [0.2, 0.25) is 5.91 Å². The van der Waals surface area contributed by atoms with E-state index < -0.39 is 5.97 Å². The van der Waals surface area contributed by atoms with Crippen molar-refractivity contribution in [3.05, 3.63) is 35.9 Å². The lowest BCUT2D eigenvalue weighted by Crippen LogP contribution is -2.32. The highest BCUT2D eigenvalue weighted by Crippen LogP contribution is 1.99. The fourth-order valence-electron chi connectivity index (χ4n) is 1.49. The van der Waals surface area contributed by atoms with Crippen LogP contribution in [0.3, 0.4) is 0 Å². The van der Waals surface area contributed by atoms with Crippen LogP contribution in [0, 0.1) is 0 Å². The molecule has 0 aromatic heterocycles. The molecule has 19 heavy (non-hydrogen) atoms. The highest BCUT2D eigenvalue weighted by atomic mass is 16.5. The van der Waals surface area contributed by atoms with Gasteiger partial charge in [0.1, 0.15) is 6.61 Å². The summed E-state index contributed by atoms with van der Waals surface area (Å²) in [4.78, 5) is 23.3. The van der Waals surface area contributed by atoms with Gasteiger partial charge in [0.25, 0.3) is 0 Å². The molecule has 5 nitrogen and oxygen atoms in total. The van der Waals surface area contributed by atoms with Gasteiger partial charge in [-0.2, -0.15) is 0 Å². The summed E-state index contributed by atoms with van der Waals surface area (Å²) in [5.41, 5.74) is 1.16. The van der Waals surface area contributed by atoms with Crippen molar-refractivity contribution in [2.75, 3.05) is 26.8 Å².